The largest absolute Gasteiger partial charge is 0.495 e. The van der Waals surface area contributed by atoms with E-state index in [9.17, 15) is 14.9 Å². The molecule has 1 aliphatic heterocycles. The molecule has 1 amide bonds. The normalized spacial score (nSPS) is 14.0. The lowest BCUT2D eigenvalue weighted by Crippen LogP contribution is -2.61. The molecule has 4 rings (SSSR count). The van der Waals surface area contributed by atoms with Gasteiger partial charge in [-0.15, -0.1) is 0 Å². The molecule has 0 unspecified atom stereocenters. The molecule has 11 nitrogen and oxygen atoms in total. The van der Waals surface area contributed by atoms with Crippen molar-refractivity contribution in [2.75, 3.05) is 52.3 Å². The van der Waals surface area contributed by atoms with Crippen molar-refractivity contribution in [2.24, 2.45) is 5.41 Å². The number of fused-ring (bicyclic) bond motifs is 1. The predicted molar refractivity (Wildman–Crippen MR) is 177 cm³/mol. The van der Waals surface area contributed by atoms with E-state index in [-0.39, 0.29) is 44.1 Å². The number of hydrogen-bond acceptors (Lipinski definition) is 9. The van der Waals surface area contributed by atoms with Crippen molar-refractivity contribution >= 4 is 46.1 Å². The zero-order valence-corrected chi connectivity index (χ0v) is 28.2. The van der Waals surface area contributed by atoms with Crippen molar-refractivity contribution in [1.82, 2.24) is 24.3 Å². The summed E-state index contributed by atoms with van der Waals surface area (Å²) >= 11 is 13.5. The Labute approximate surface area is 273 Å². The molecular weight excluding hydrogens is 617 g/mol. The van der Waals surface area contributed by atoms with Gasteiger partial charge in [0.15, 0.2) is 0 Å². The fourth-order valence-electron chi connectivity index (χ4n) is 5.34. The number of aromatic nitrogens is 3. The zero-order valence-electron chi connectivity index (χ0n) is 26.7. The highest BCUT2D eigenvalue weighted by atomic mass is 35.5. The summed E-state index contributed by atoms with van der Waals surface area (Å²) in [7, 11) is 2.95. The first-order valence-corrected chi connectivity index (χ1v) is 15.5. The fraction of sp³-hybridized carbons (Fsp3) is 0.469. The van der Waals surface area contributed by atoms with E-state index in [2.05, 4.69) is 26.3 Å². The number of rotatable bonds is 11. The lowest BCUT2D eigenvalue weighted by molar-refractivity contribution is -0.134. The van der Waals surface area contributed by atoms with Gasteiger partial charge < -0.3 is 19.7 Å². The number of halogens is 2. The number of ether oxygens (including phenoxy) is 2. The van der Waals surface area contributed by atoms with Gasteiger partial charge >= 0.3 is 0 Å². The Morgan fingerprint density at radius 2 is 1.82 bits per heavy atom. The Kier molecular flexibility index (Phi) is 10.6. The van der Waals surface area contributed by atoms with Crippen LogP contribution in [-0.2, 0) is 11.3 Å². The lowest BCUT2D eigenvalue weighted by Gasteiger charge is -2.45. The van der Waals surface area contributed by atoms with E-state index in [1.54, 1.807) is 33.9 Å². The molecule has 3 aromatic rings. The molecule has 240 valence electrons. The third-order valence-electron chi connectivity index (χ3n) is 7.62. The molecular formula is C32H39Cl2N7O4. The molecule has 1 N–H and O–H groups in total. The molecule has 3 heterocycles. The topological polar surface area (TPSA) is 126 Å². The average molecular weight is 657 g/mol. The first-order chi connectivity index (χ1) is 21.4. The molecule has 13 heteroatoms. The van der Waals surface area contributed by atoms with Gasteiger partial charge in [0, 0.05) is 62.0 Å². The predicted octanol–water partition coefficient (Wildman–Crippen LogP) is 5.24. The number of nitrogens with one attached hydrogen (secondary N) is 1. The summed E-state index contributed by atoms with van der Waals surface area (Å²) in [6.45, 7) is 12.9. The summed E-state index contributed by atoms with van der Waals surface area (Å²) in [5.74, 6) is 0.776. The number of methoxy groups -OCH3 is 2. The number of allylic oxidation sites excluding steroid dienone is 1. The van der Waals surface area contributed by atoms with Gasteiger partial charge in [-0.1, -0.05) is 57.0 Å². The first kappa shape index (κ1) is 34.0. The third kappa shape index (κ3) is 7.19. The molecule has 2 aromatic heterocycles. The maximum Gasteiger partial charge on any atom is 0.264 e. The fourth-order valence-corrected chi connectivity index (χ4v) is 6.04. The number of carbonyl (C=O) groups excluding carboxylic acids is 1. The van der Waals surface area contributed by atoms with E-state index in [1.807, 2.05) is 34.6 Å². The van der Waals surface area contributed by atoms with Crippen molar-refractivity contribution in [2.45, 2.75) is 47.2 Å². The monoisotopic (exact) mass is 655 g/mol. The maximum atomic E-state index is 14.2. The molecule has 1 aromatic carbocycles. The SMILES string of the molecule is CCNc1ncc2cc(-c3c(Cl)c(OC)cc(OC)c3Cl)c(=O)n(CCN(CC)C3CN(C(=O)/C(C#N)=C\C(C)(C)C)C3)c2n1. The van der Waals surface area contributed by atoms with Crippen LogP contribution in [0.5, 0.6) is 11.5 Å². The van der Waals surface area contributed by atoms with Gasteiger partial charge in [-0.3, -0.25) is 19.1 Å². The molecule has 1 saturated heterocycles. The van der Waals surface area contributed by atoms with Crippen LogP contribution in [0.3, 0.4) is 0 Å². The number of nitrogens with zero attached hydrogens (tertiary/aromatic N) is 6. The first-order valence-electron chi connectivity index (χ1n) is 14.8. The number of nitriles is 1. The van der Waals surface area contributed by atoms with Gasteiger partial charge in [0.05, 0.1) is 29.8 Å². The number of pyridine rings is 1. The number of amides is 1. The maximum absolute atomic E-state index is 14.2. The van der Waals surface area contributed by atoms with Gasteiger partial charge in [0.2, 0.25) is 5.95 Å². The van der Waals surface area contributed by atoms with Crippen molar-refractivity contribution in [3.63, 3.8) is 0 Å². The Balaban J connectivity index is 1.70. The number of likely N-dealkylation sites (N-methyl/N-ethyl adjacent to an activating group) is 1. The second kappa shape index (κ2) is 14.1. The molecule has 0 spiro atoms. The third-order valence-corrected chi connectivity index (χ3v) is 8.37. The summed E-state index contributed by atoms with van der Waals surface area (Å²) in [4.78, 5) is 40.2. The summed E-state index contributed by atoms with van der Waals surface area (Å²) in [5.41, 5.74) is 0.544. The molecule has 45 heavy (non-hydrogen) atoms. The van der Waals surface area contributed by atoms with Crippen molar-refractivity contribution < 1.29 is 14.3 Å². The van der Waals surface area contributed by atoms with E-state index < -0.39 is 0 Å². The van der Waals surface area contributed by atoms with Gasteiger partial charge in [-0.25, -0.2) is 4.98 Å². The Bertz CT molecular complexity index is 1690. The number of benzene rings is 1. The summed E-state index contributed by atoms with van der Waals surface area (Å²) in [6, 6.07) is 5.39. The van der Waals surface area contributed by atoms with Gasteiger partial charge in [0.25, 0.3) is 11.5 Å². The van der Waals surface area contributed by atoms with Crippen molar-refractivity contribution in [3.05, 3.63) is 50.4 Å². The van der Waals surface area contributed by atoms with Crippen LogP contribution >= 0.6 is 23.2 Å². The van der Waals surface area contributed by atoms with Crippen LogP contribution in [0.15, 0.2) is 34.8 Å². The average Bonchev–Trinajstić information content (AvgIpc) is 2.97. The second-order valence-electron chi connectivity index (χ2n) is 11.8. The quantitative estimate of drug-likeness (QED) is 0.218. The standard InChI is InChI=1S/C32H39Cl2N7O4/c1-8-36-31-37-16-19-12-22(25-26(33)23(44-6)13-24(45-7)27(25)34)30(43)41(28(19)38-31)11-10-39(9-2)21-17-40(18-21)29(42)20(15-35)14-32(3,4)5/h12-14,16,21H,8-11,17-18H2,1-7H3,(H,36,37,38)/b20-14-. The molecule has 0 saturated carbocycles. The summed E-state index contributed by atoms with van der Waals surface area (Å²) < 4.78 is 12.5. The van der Waals surface area contributed by atoms with E-state index in [0.29, 0.717) is 73.3 Å². The Morgan fingerprint density at radius 3 is 2.36 bits per heavy atom. The minimum atomic E-state index is -0.338. The van der Waals surface area contributed by atoms with Gasteiger partial charge in [-0.2, -0.15) is 10.2 Å². The highest BCUT2D eigenvalue weighted by Gasteiger charge is 2.36. The molecule has 0 aliphatic carbocycles. The van der Waals surface area contributed by atoms with Gasteiger partial charge in [-0.05, 0) is 24.9 Å². The zero-order chi connectivity index (χ0) is 33.1. The van der Waals surface area contributed by atoms with E-state index in [1.165, 1.54) is 14.2 Å². The van der Waals surface area contributed by atoms with Crippen LogP contribution in [0.2, 0.25) is 10.0 Å². The van der Waals surface area contributed by atoms with Crippen LogP contribution < -0.4 is 20.3 Å². The molecule has 1 fully saturated rings. The van der Waals surface area contributed by atoms with Gasteiger partial charge in [0.1, 0.15) is 28.8 Å². The minimum Gasteiger partial charge on any atom is -0.495 e. The summed E-state index contributed by atoms with van der Waals surface area (Å²) in [5, 5.41) is 13.7. The van der Waals surface area contributed by atoms with E-state index in [0.717, 1.165) is 0 Å². The Hall–Kier alpha value is -3.85. The van der Waals surface area contributed by atoms with Crippen LogP contribution in [0.4, 0.5) is 5.95 Å². The molecule has 0 atom stereocenters. The number of anilines is 1. The molecule has 0 radical (unpaired) electrons. The van der Waals surface area contributed by atoms with E-state index >= 15 is 0 Å². The Morgan fingerprint density at radius 1 is 1.18 bits per heavy atom. The molecule has 1 aliphatic rings. The highest BCUT2D eigenvalue weighted by Crippen LogP contribution is 2.45. The highest BCUT2D eigenvalue weighted by molar-refractivity contribution is 6.41. The second-order valence-corrected chi connectivity index (χ2v) is 12.6. The number of likely N-dealkylation sites (tertiary alicyclic amines) is 1. The number of carbonyl (C=O) groups is 1. The van der Waals surface area contributed by atoms with Crippen molar-refractivity contribution in [3.8, 4) is 28.7 Å². The smallest absolute Gasteiger partial charge is 0.264 e. The minimum absolute atomic E-state index is 0.0807. The number of hydrogen-bond donors (Lipinski definition) is 1. The van der Waals surface area contributed by atoms with Crippen LogP contribution in [-0.4, -0.2) is 83.2 Å². The van der Waals surface area contributed by atoms with E-state index in [4.69, 9.17) is 32.7 Å². The van der Waals surface area contributed by atoms with Crippen molar-refractivity contribution in [1.29, 1.82) is 5.26 Å². The van der Waals surface area contributed by atoms with Crippen LogP contribution in [0, 0.1) is 16.7 Å². The summed E-state index contributed by atoms with van der Waals surface area (Å²) in [6.07, 6.45) is 3.37. The lowest BCUT2D eigenvalue weighted by atomic mass is 9.93. The van der Waals surface area contributed by atoms with Crippen LogP contribution in [0.1, 0.15) is 34.6 Å². The molecule has 0 bridgehead atoms. The van der Waals surface area contributed by atoms with Crippen LogP contribution in [0.25, 0.3) is 22.2 Å².